The molecule has 5 nitrogen and oxygen atoms in total. The number of nitrogens with zero attached hydrogens (tertiary/aromatic N) is 1. The number of amides is 1. The topological polar surface area (TPSA) is 64.4 Å². The predicted molar refractivity (Wildman–Crippen MR) is 95.6 cm³/mol. The largest absolute Gasteiger partial charge is 0.467 e. The zero-order valence-corrected chi connectivity index (χ0v) is 14.9. The molecule has 0 aromatic carbocycles. The summed E-state index contributed by atoms with van der Waals surface area (Å²) in [5, 5.41) is 2.98. The summed E-state index contributed by atoms with van der Waals surface area (Å²) in [4.78, 5) is 16.4. The number of aromatic nitrogens is 1. The summed E-state index contributed by atoms with van der Waals surface area (Å²) >= 11 is 1.54. The number of hydrogen-bond acceptors (Lipinski definition) is 5. The van der Waals surface area contributed by atoms with Crippen molar-refractivity contribution < 1.29 is 13.9 Å². The van der Waals surface area contributed by atoms with E-state index in [0.29, 0.717) is 36.4 Å². The van der Waals surface area contributed by atoms with E-state index in [2.05, 4.69) is 24.1 Å². The van der Waals surface area contributed by atoms with Crippen LogP contribution in [0.3, 0.4) is 0 Å². The van der Waals surface area contributed by atoms with Crippen molar-refractivity contribution in [1.29, 1.82) is 0 Å². The molecule has 1 N–H and O–H groups in total. The first kappa shape index (κ1) is 18.5. The molecule has 0 spiro atoms. The van der Waals surface area contributed by atoms with Crippen molar-refractivity contribution in [2.24, 2.45) is 5.92 Å². The molecule has 0 aliphatic heterocycles. The normalized spacial score (nSPS) is 12.3. The molecule has 6 heteroatoms. The summed E-state index contributed by atoms with van der Waals surface area (Å²) < 4.78 is 11.1. The van der Waals surface area contributed by atoms with Gasteiger partial charge in [-0.3, -0.25) is 9.78 Å². The van der Waals surface area contributed by atoms with Crippen molar-refractivity contribution in [2.45, 2.75) is 25.6 Å². The first-order chi connectivity index (χ1) is 11.6. The zero-order valence-electron chi connectivity index (χ0n) is 14.1. The van der Waals surface area contributed by atoms with Gasteiger partial charge in [0.05, 0.1) is 24.3 Å². The van der Waals surface area contributed by atoms with Gasteiger partial charge in [-0.15, -0.1) is 11.8 Å². The number of rotatable bonds is 10. The van der Waals surface area contributed by atoms with Gasteiger partial charge in [0.2, 0.25) is 5.91 Å². The van der Waals surface area contributed by atoms with Crippen LogP contribution in [0.25, 0.3) is 0 Å². The maximum atomic E-state index is 12.2. The molecule has 2 rings (SSSR count). The van der Waals surface area contributed by atoms with E-state index >= 15 is 0 Å². The molecule has 0 bridgehead atoms. The molecule has 2 aromatic heterocycles. The van der Waals surface area contributed by atoms with Crippen LogP contribution < -0.4 is 5.32 Å². The number of nitrogens with one attached hydrogen (secondary N) is 1. The fourth-order valence-electron chi connectivity index (χ4n) is 2.07. The SMILES string of the molecule is CC(C)COC[C@H](NC(=O)CSCc1ccccn1)c1ccco1. The maximum absolute atomic E-state index is 12.2. The lowest BCUT2D eigenvalue weighted by molar-refractivity contribution is -0.120. The van der Waals surface area contributed by atoms with Crippen LogP contribution in [0.15, 0.2) is 47.2 Å². The minimum absolute atomic E-state index is 0.0366. The monoisotopic (exact) mass is 348 g/mol. The molecular formula is C18H24N2O3S. The Balaban J connectivity index is 1.78. The van der Waals surface area contributed by atoms with Crippen LogP contribution in [0.1, 0.15) is 31.3 Å². The van der Waals surface area contributed by atoms with Crippen LogP contribution in [-0.4, -0.2) is 29.9 Å². The third-order valence-corrected chi connectivity index (χ3v) is 4.13. The van der Waals surface area contributed by atoms with Gasteiger partial charge in [-0.1, -0.05) is 19.9 Å². The zero-order chi connectivity index (χ0) is 17.2. The van der Waals surface area contributed by atoms with Gasteiger partial charge in [-0.25, -0.2) is 0 Å². The fourth-order valence-corrected chi connectivity index (χ4v) is 2.82. The van der Waals surface area contributed by atoms with Crippen LogP contribution in [-0.2, 0) is 15.3 Å². The van der Waals surface area contributed by atoms with Gasteiger partial charge in [0.15, 0.2) is 0 Å². The Morgan fingerprint density at radius 1 is 1.29 bits per heavy atom. The minimum Gasteiger partial charge on any atom is -0.467 e. The number of thioether (sulfide) groups is 1. The highest BCUT2D eigenvalue weighted by molar-refractivity contribution is 7.99. The van der Waals surface area contributed by atoms with Gasteiger partial charge in [0.1, 0.15) is 11.8 Å². The lowest BCUT2D eigenvalue weighted by Gasteiger charge is -2.17. The Bertz CT molecular complexity index is 588. The van der Waals surface area contributed by atoms with Crippen molar-refractivity contribution in [3.63, 3.8) is 0 Å². The van der Waals surface area contributed by atoms with Gasteiger partial charge in [-0.05, 0) is 30.2 Å². The predicted octanol–water partition coefficient (Wildman–Crippen LogP) is 3.44. The second-order valence-electron chi connectivity index (χ2n) is 5.88. The number of hydrogen-bond donors (Lipinski definition) is 1. The van der Waals surface area contributed by atoms with Gasteiger partial charge >= 0.3 is 0 Å². The summed E-state index contributed by atoms with van der Waals surface area (Å²) in [5.74, 6) is 2.21. The molecule has 0 saturated carbocycles. The molecule has 1 atom stereocenters. The van der Waals surface area contributed by atoms with E-state index in [1.165, 1.54) is 11.8 Å². The lowest BCUT2D eigenvalue weighted by atomic mass is 10.2. The molecule has 0 radical (unpaired) electrons. The second kappa shape index (κ2) is 10.2. The summed E-state index contributed by atoms with van der Waals surface area (Å²) in [6.45, 7) is 5.24. The van der Waals surface area contributed by atoms with E-state index in [9.17, 15) is 4.79 Å². The van der Waals surface area contributed by atoms with E-state index in [4.69, 9.17) is 9.15 Å². The van der Waals surface area contributed by atoms with Crippen molar-refractivity contribution in [3.8, 4) is 0 Å². The summed E-state index contributed by atoms with van der Waals surface area (Å²) in [5.41, 5.74) is 0.971. The van der Waals surface area contributed by atoms with Gasteiger partial charge in [0, 0.05) is 18.6 Å². The number of furan rings is 1. The molecule has 1 amide bonds. The van der Waals surface area contributed by atoms with E-state index in [1.807, 2.05) is 30.3 Å². The Morgan fingerprint density at radius 3 is 2.83 bits per heavy atom. The van der Waals surface area contributed by atoms with Crippen LogP contribution >= 0.6 is 11.8 Å². The van der Waals surface area contributed by atoms with E-state index in [1.54, 1.807) is 12.5 Å². The standard InChI is InChI=1S/C18H24N2O3S/c1-14(2)10-22-11-16(17-7-5-9-23-17)20-18(21)13-24-12-15-6-3-4-8-19-15/h3-9,14,16H,10-13H2,1-2H3,(H,20,21)/t16-/m0/s1. The average molecular weight is 348 g/mol. The minimum atomic E-state index is -0.262. The Morgan fingerprint density at radius 2 is 2.17 bits per heavy atom. The van der Waals surface area contributed by atoms with Crippen molar-refractivity contribution in [3.05, 3.63) is 54.2 Å². The Hall–Kier alpha value is -1.79. The molecular weight excluding hydrogens is 324 g/mol. The molecule has 2 heterocycles. The van der Waals surface area contributed by atoms with Crippen LogP contribution in [0, 0.1) is 5.92 Å². The maximum Gasteiger partial charge on any atom is 0.230 e. The first-order valence-corrected chi connectivity index (χ1v) is 9.18. The van der Waals surface area contributed by atoms with E-state index in [-0.39, 0.29) is 11.9 Å². The summed E-state index contributed by atoms with van der Waals surface area (Å²) in [7, 11) is 0. The second-order valence-corrected chi connectivity index (χ2v) is 6.87. The quantitative estimate of drug-likeness (QED) is 0.712. The van der Waals surface area contributed by atoms with Crippen molar-refractivity contribution >= 4 is 17.7 Å². The number of carbonyl (C=O) groups is 1. The lowest BCUT2D eigenvalue weighted by Crippen LogP contribution is -2.33. The smallest absolute Gasteiger partial charge is 0.230 e. The highest BCUT2D eigenvalue weighted by atomic mass is 32.2. The average Bonchev–Trinajstić information content (AvgIpc) is 3.09. The third-order valence-electron chi connectivity index (χ3n) is 3.17. The van der Waals surface area contributed by atoms with E-state index in [0.717, 1.165) is 5.69 Å². The highest BCUT2D eigenvalue weighted by Gasteiger charge is 2.17. The third kappa shape index (κ3) is 6.76. The molecule has 0 saturated heterocycles. The van der Waals surface area contributed by atoms with Crippen molar-refractivity contribution in [1.82, 2.24) is 10.3 Å². The molecule has 0 fully saturated rings. The van der Waals surface area contributed by atoms with Crippen LogP contribution in [0.2, 0.25) is 0 Å². The molecule has 2 aromatic rings. The summed E-state index contributed by atoms with van der Waals surface area (Å²) in [6.07, 6.45) is 3.36. The first-order valence-electron chi connectivity index (χ1n) is 8.03. The molecule has 130 valence electrons. The van der Waals surface area contributed by atoms with Gasteiger partial charge < -0.3 is 14.5 Å². The van der Waals surface area contributed by atoms with Crippen molar-refractivity contribution in [2.75, 3.05) is 19.0 Å². The molecule has 0 unspecified atom stereocenters. The van der Waals surface area contributed by atoms with Crippen LogP contribution in [0.5, 0.6) is 0 Å². The molecule has 0 aliphatic carbocycles. The fraction of sp³-hybridized carbons (Fsp3) is 0.444. The number of ether oxygens (including phenoxy) is 1. The Kier molecular flexibility index (Phi) is 7.85. The molecule has 0 aliphatic rings. The summed E-state index contributed by atoms with van der Waals surface area (Å²) in [6, 6.07) is 9.18. The number of carbonyl (C=O) groups excluding carboxylic acids is 1. The highest BCUT2D eigenvalue weighted by Crippen LogP contribution is 2.16. The van der Waals surface area contributed by atoms with E-state index < -0.39 is 0 Å². The number of pyridine rings is 1. The Labute approximate surface area is 147 Å². The van der Waals surface area contributed by atoms with Crippen LogP contribution in [0.4, 0.5) is 0 Å². The molecule has 24 heavy (non-hydrogen) atoms. The van der Waals surface area contributed by atoms with Gasteiger partial charge in [0.25, 0.3) is 0 Å². The van der Waals surface area contributed by atoms with Gasteiger partial charge in [-0.2, -0.15) is 0 Å².